The Kier molecular flexibility index (Phi) is 3.50. The lowest BCUT2D eigenvalue weighted by Crippen LogP contribution is -2.30. The molecule has 6 nitrogen and oxygen atoms in total. The predicted molar refractivity (Wildman–Crippen MR) is 79.0 cm³/mol. The second-order valence-corrected chi connectivity index (χ2v) is 7.25. The first-order valence-electron chi connectivity index (χ1n) is 7.83. The van der Waals surface area contributed by atoms with Gasteiger partial charge in [-0.05, 0) is 58.4 Å². The minimum absolute atomic E-state index is 0.374. The molecule has 2 aliphatic carbocycles. The fraction of sp³-hybridized carbons (Fsp3) is 0.688. The molecule has 6 heteroatoms. The summed E-state index contributed by atoms with van der Waals surface area (Å²) in [5.74, 6) is -0.760. The molecule has 1 heterocycles. The summed E-state index contributed by atoms with van der Waals surface area (Å²) in [4.78, 5) is 23.6. The number of rotatable bonds is 2. The summed E-state index contributed by atoms with van der Waals surface area (Å²) in [6.07, 6.45) is 3.24. The first-order chi connectivity index (χ1) is 10.3. The molecule has 1 fully saturated rings. The number of carboxylic acid groups (broad SMARTS) is 1. The molecule has 3 rings (SSSR count). The van der Waals surface area contributed by atoms with Crippen molar-refractivity contribution in [3.05, 3.63) is 17.0 Å². The smallest absolute Gasteiger partial charge is 0.435 e. The van der Waals surface area contributed by atoms with Crippen molar-refractivity contribution < 1.29 is 19.4 Å². The van der Waals surface area contributed by atoms with E-state index in [4.69, 9.17) is 4.74 Å². The molecule has 0 amide bonds. The molecule has 1 saturated carbocycles. The second-order valence-electron chi connectivity index (χ2n) is 7.25. The average Bonchev–Trinajstić information content (AvgIpc) is 3.16. The second kappa shape index (κ2) is 5.11. The van der Waals surface area contributed by atoms with E-state index in [1.165, 1.54) is 4.68 Å². The van der Waals surface area contributed by atoms with Crippen LogP contribution in [0.25, 0.3) is 0 Å². The van der Waals surface area contributed by atoms with Crippen molar-refractivity contribution in [3.63, 3.8) is 0 Å². The van der Waals surface area contributed by atoms with Crippen molar-refractivity contribution in [3.8, 4) is 0 Å². The molecule has 1 atom stereocenters. The lowest BCUT2D eigenvalue weighted by atomic mass is 9.86. The van der Waals surface area contributed by atoms with Gasteiger partial charge in [0.1, 0.15) is 5.60 Å². The first-order valence-corrected chi connectivity index (χ1v) is 7.83. The van der Waals surface area contributed by atoms with Gasteiger partial charge >= 0.3 is 12.1 Å². The van der Waals surface area contributed by atoms with Gasteiger partial charge in [0, 0.05) is 5.92 Å². The summed E-state index contributed by atoms with van der Waals surface area (Å²) >= 11 is 0. The molecule has 0 aliphatic heterocycles. The monoisotopic (exact) mass is 306 g/mol. The third kappa shape index (κ3) is 2.87. The van der Waals surface area contributed by atoms with E-state index < -0.39 is 17.7 Å². The van der Waals surface area contributed by atoms with Crippen LogP contribution < -0.4 is 0 Å². The number of fused-ring (bicyclic) bond motifs is 1. The number of carbonyl (C=O) groups excluding carboxylic acids is 1. The van der Waals surface area contributed by atoms with Crippen LogP contribution in [0.5, 0.6) is 0 Å². The lowest BCUT2D eigenvalue weighted by molar-refractivity contribution is -0.142. The molecule has 0 bridgehead atoms. The standard InChI is InChI=1S/C16H22N2O4/c1-16(2,3)22-15(21)18-12-7-6-10(14(19)20)8-11(12)13(17-18)9-4-5-9/h9-10H,4-8H2,1-3H3,(H,19,20)/t10-/m1/s1. The van der Waals surface area contributed by atoms with Crippen LogP contribution in [-0.4, -0.2) is 32.6 Å². The van der Waals surface area contributed by atoms with Crippen LogP contribution in [0.4, 0.5) is 4.79 Å². The molecular weight excluding hydrogens is 284 g/mol. The third-order valence-corrected chi connectivity index (χ3v) is 4.18. The maximum absolute atomic E-state index is 12.4. The van der Waals surface area contributed by atoms with Crippen LogP contribution in [-0.2, 0) is 22.4 Å². The minimum atomic E-state index is -0.766. The van der Waals surface area contributed by atoms with Crippen molar-refractivity contribution in [2.24, 2.45) is 5.92 Å². The van der Waals surface area contributed by atoms with Gasteiger partial charge in [-0.1, -0.05) is 0 Å². The summed E-state index contributed by atoms with van der Waals surface area (Å²) in [6, 6.07) is 0. The van der Waals surface area contributed by atoms with Crippen LogP contribution in [0.3, 0.4) is 0 Å². The molecule has 0 radical (unpaired) electrons. The molecular formula is C16H22N2O4. The summed E-state index contributed by atoms with van der Waals surface area (Å²) < 4.78 is 6.79. The van der Waals surface area contributed by atoms with Crippen molar-refractivity contribution in [2.75, 3.05) is 0 Å². The average molecular weight is 306 g/mol. The number of aliphatic carboxylic acids is 1. The van der Waals surface area contributed by atoms with Crippen LogP contribution in [0.1, 0.15) is 62.9 Å². The zero-order valence-electron chi connectivity index (χ0n) is 13.3. The molecule has 1 N–H and O–H groups in total. The van der Waals surface area contributed by atoms with E-state index in [-0.39, 0.29) is 5.92 Å². The molecule has 1 aromatic heterocycles. The topological polar surface area (TPSA) is 81.4 Å². The summed E-state index contributed by atoms with van der Waals surface area (Å²) in [5.41, 5.74) is 2.14. The normalized spacial score (nSPS) is 21.3. The van der Waals surface area contributed by atoms with Gasteiger partial charge < -0.3 is 9.84 Å². The fourth-order valence-corrected chi connectivity index (χ4v) is 2.99. The Morgan fingerprint density at radius 1 is 1.27 bits per heavy atom. The largest absolute Gasteiger partial charge is 0.481 e. The Labute approximate surface area is 129 Å². The Morgan fingerprint density at radius 3 is 2.50 bits per heavy atom. The van der Waals surface area contributed by atoms with Crippen molar-refractivity contribution >= 4 is 12.1 Å². The number of nitrogens with zero attached hydrogens (tertiary/aromatic N) is 2. The molecule has 0 unspecified atom stereocenters. The number of carboxylic acids is 1. The van der Waals surface area contributed by atoms with Gasteiger partial charge in [-0.2, -0.15) is 9.78 Å². The molecule has 0 saturated heterocycles. The quantitative estimate of drug-likeness (QED) is 0.908. The summed E-state index contributed by atoms with van der Waals surface area (Å²) in [5, 5.41) is 13.7. The highest BCUT2D eigenvalue weighted by Gasteiger charge is 2.37. The predicted octanol–water partition coefficient (Wildman–Crippen LogP) is 2.73. The molecule has 0 spiro atoms. The Balaban J connectivity index is 1.94. The third-order valence-electron chi connectivity index (χ3n) is 4.18. The van der Waals surface area contributed by atoms with Crippen LogP contribution in [0.2, 0.25) is 0 Å². The van der Waals surface area contributed by atoms with Crippen LogP contribution in [0.15, 0.2) is 0 Å². The van der Waals surface area contributed by atoms with E-state index in [2.05, 4.69) is 5.10 Å². The van der Waals surface area contributed by atoms with Gasteiger partial charge in [0.25, 0.3) is 0 Å². The highest BCUT2D eigenvalue weighted by atomic mass is 16.6. The minimum Gasteiger partial charge on any atom is -0.481 e. The SMILES string of the molecule is CC(C)(C)OC(=O)n1nc(C2CC2)c2c1CC[C@@H](C(=O)O)C2. The highest BCUT2D eigenvalue weighted by molar-refractivity contribution is 5.73. The molecule has 120 valence electrons. The Hall–Kier alpha value is -1.85. The number of hydrogen-bond acceptors (Lipinski definition) is 4. The van der Waals surface area contributed by atoms with E-state index in [9.17, 15) is 14.7 Å². The van der Waals surface area contributed by atoms with E-state index in [1.807, 2.05) is 20.8 Å². The van der Waals surface area contributed by atoms with Gasteiger partial charge in [-0.15, -0.1) is 0 Å². The molecule has 22 heavy (non-hydrogen) atoms. The van der Waals surface area contributed by atoms with Gasteiger partial charge in [0.15, 0.2) is 0 Å². The molecule has 0 aromatic carbocycles. The summed E-state index contributed by atoms with van der Waals surface area (Å²) in [6.45, 7) is 5.47. The maximum Gasteiger partial charge on any atom is 0.435 e. The van der Waals surface area contributed by atoms with Crippen LogP contribution >= 0.6 is 0 Å². The Bertz CT molecular complexity index is 623. The van der Waals surface area contributed by atoms with Crippen LogP contribution in [0, 0.1) is 5.92 Å². The number of hydrogen-bond donors (Lipinski definition) is 1. The van der Waals surface area contributed by atoms with Crippen molar-refractivity contribution in [2.45, 2.75) is 64.4 Å². The first kappa shape index (κ1) is 15.1. The van der Waals surface area contributed by atoms with Gasteiger partial charge in [-0.3, -0.25) is 4.79 Å². The number of aromatic nitrogens is 2. The summed E-state index contributed by atoms with van der Waals surface area (Å²) in [7, 11) is 0. The fourth-order valence-electron chi connectivity index (χ4n) is 2.99. The van der Waals surface area contributed by atoms with Gasteiger partial charge in [0.05, 0.1) is 17.3 Å². The van der Waals surface area contributed by atoms with Gasteiger partial charge in [0.2, 0.25) is 0 Å². The van der Waals surface area contributed by atoms with E-state index in [0.29, 0.717) is 25.2 Å². The van der Waals surface area contributed by atoms with E-state index >= 15 is 0 Å². The highest BCUT2D eigenvalue weighted by Crippen LogP contribution is 2.43. The number of ether oxygens (including phenoxy) is 1. The maximum atomic E-state index is 12.4. The zero-order valence-corrected chi connectivity index (χ0v) is 13.3. The Morgan fingerprint density at radius 2 is 1.95 bits per heavy atom. The molecule has 1 aromatic rings. The van der Waals surface area contributed by atoms with E-state index in [0.717, 1.165) is 29.8 Å². The lowest BCUT2D eigenvalue weighted by Gasteiger charge is -2.22. The van der Waals surface area contributed by atoms with E-state index in [1.54, 1.807) is 0 Å². The molecule has 2 aliphatic rings. The van der Waals surface area contributed by atoms with Crippen molar-refractivity contribution in [1.29, 1.82) is 0 Å². The number of carbonyl (C=O) groups is 2. The zero-order chi connectivity index (χ0) is 16.1. The van der Waals surface area contributed by atoms with Gasteiger partial charge in [-0.25, -0.2) is 4.79 Å². The van der Waals surface area contributed by atoms with Crippen molar-refractivity contribution in [1.82, 2.24) is 9.78 Å².